The SMILES string of the molecule is Cc1cccc2cc([C@H](C)Nc3nc(N)ncc3Cl)n(C3CC3)c(=O)c12. The molecule has 0 saturated heterocycles. The van der Waals surface area contributed by atoms with Gasteiger partial charge in [-0.1, -0.05) is 29.8 Å². The van der Waals surface area contributed by atoms with Crippen molar-refractivity contribution >= 4 is 34.1 Å². The van der Waals surface area contributed by atoms with E-state index in [1.807, 2.05) is 36.6 Å². The van der Waals surface area contributed by atoms with Gasteiger partial charge in [-0.15, -0.1) is 0 Å². The first kappa shape index (κ1) is 16.8. The van der Waals surface area contributed by atoms with Crippen molar-refractivity contribution in [2.75, 3.05) is 11.1 Å². The van der Waals surface area contributed by atoms with Crippen LogP contribution in [0.1, 0.15) is 43.1 Å². The van der Waals surface area contributed by atoms with E-state index in [-0.39, 0.29) is 23.6 Å². The molecule has 1 aliphatic carbocycles. The van der Waals surface area contributed by atoms with Crippen molar-refractivity contribution in [3.8, 4) is 0 Å². The monoisotopic (exact) mass is 369 g/mol. The average Bonchev–Trinajstić information content (AvgIpc) is 3.42. The van der Waals surface area contributed by atoms with Crippen LogP contribution in [-0.2, 0) is 0 Å². The molecule has 26 heavy (non-hydrogen) atoms. The van der Waals surface area contributed by atoms with Gasteiger partial charge in [0.15, 0.2) is 5.82 Å². The number of halogens is 1. The predicted molar refractivity (Wildman–Crippen MR) is 105 cm³/mol. The highest BCUT2D eigenvalue weighted by Gasteiger charge is 2.29. The number of fused-ring (bicyclic) bond motifs is 1. The number of aromatic nitrogens is 3. The smallest absolute Gasteiger partial charge is 0.259 e. The third kappa shape index (κ3) is 2.90. The highest BCUT2D eigenvalue weighted by molar-refractivity contribution is 6.32. The first-order valence-corrected chi connectivity index (χ1v) is 9.03. The zero-order chi connectivity index (χ0) is 18.4. The van der Waals surface area contributed by atoms with Gasteiger partial charge in [0.1, 0.15) is 5.02 Å². The molecule has 2 heterocycles. The summed E-state index contributed by atoms with van der Waals surface area (Å²) >= 11 is 6.18. The van der Waals surface area contributed by atoms with Crippen LogP contribution in [-0.4, -0.2) is 14.5 Å². The molecule has 1 atom stereocenters. The number of rotatable bonds is 4. The van der Waals surface area contributed by atoms with Crippen LogP contribution in [0.15, 0.2) is 35.3 Å². The second kappa shape index (κ2) is 6.29. The van der Waals surface area contributed by atoms with Crippen molar-refractivity contribution < 1.29 is 0 Å². The lowest BCUT2D eigenvalue weighted by atomic mass is 10.0. The van der Waals surface area contributed by atoms with E-state index in [1.165, 1.54) is 6.20 Å². The van der Waals surface area contributed by atoms with E-state index < -0.39 is 0 Å². The lowest BCUT2D eigenvalue weighted by Crippen LogP contribution is -2.26. The minimum Gasteiger partial charge on any atom is -0.368 e. The number of hydrogen-bond donors (Lipinski definition) is 2. The van der Waals surface area contributed by atoms with E-state index in [0.29, 0.717) is 10.8 Å². The third-order valence-electron chi connectivity index (χ3n) is 4.79. The van der Waals surface area contributed by atoms with Crippen LogP contribution in [0, 0.1) is 6.92 Å². The molecule has 0 spiro atoms. The second-order valence-corrected chi connectivity index (χ2v) is 7.21. The molecule has 2 aromatic heterocycles. The van der Waals surface area contributed by atoms with Gasteiger partial charge >= 0.3 is 0 Å². The van der Waals surface area contributed by atoms with Crippen molar-refractivity contribution in [3.63, 3.8) is 0 Å². The summed E-state index contributed by atoms with van der Waals surface area (Å²) in [6.07, 6.45) is 3.52. The molecule has 4 rings (SSSR count). The van der Waals surface area contributed by atoms with Gasteiger partial charge in [0, 0.05) is 11.7 Å². The number of nitrogens with one attached hydrogen (secondary N) is 1. The molecule has 7 heteroatoms. The van der Waals surface area contributed by atoms with Crippen LogP contribution in [0.5, 0.6) is 0 Å². The second-order valence-electron chi connectivity index (χ2n) is 6.81. The zero-order valence-electron chi connectivity index (χ0n) is 14.7. The summed E-state index contributed by atoms with van der Waals surface area (Å²) in [5, 5.41) is 5.41. The highest BCUT2D eigenvalue weighted by Crippen LogP contribution is 2.37. The molecule has 3 aromatic rings. The lowest BCUT2D eigenvalue weighted by Gasteiger charge is -2.22. The van der Waals surface area contributed by atoms with Crippen LogP contribution in [0.3, 0.4) is 0 Å². The number of aryl methyl sites for hydroxylation is 1. The number of benzene rings is 1. The number of pyridine rings is 1. The molecule has 3 N–H and O–H groups in total. The molecular weight excluding hydrogens is 350 g/mol. The van der Waals surface area contributed by atoms with Crippen LogP contribution < -0.4 is 16.6 Å². The molecule has 0 amide bonds. The Labute approximate surface area is 156 Å². The molecule has 6 nitrogen and oxygen atoms in total. The van der Waals surface area contributed by atoms with Gasteiger partial charge in [0.05, 0.1) is 17.6 Å². The molecule has 1 aliphatic rings. The molecule has 134 valence electrons. The van der Waals surface area contributed by atoms with E-state index in [0.717, 1.165) is 34.9 Å². The predicted octanol–water partition coefficient (Wildman–Crippen LogP) is 3.84. The Morgan fingerprint density at radius 3 is 2.88 bits per heavy atom. The third-order valence-corrected chi connectivity index (χ3v) is 5.07. The first-order valence-electron chi connectivity index (χ1n) is 8.65. The van der Waals surface area contributed by atoms with Crippen molar-refractivity contribution in [2.45, 2.75) is 38.8 Å². The number of nitrogen functional groups attached to an aromatic ring is 1. The highest BCUT2D eigenvalue weighted by atomic mass is 35.5. The van der Waals surface area contributed by atoms with Crippen LogP contribution in [0.4, 0.5) is 11.8 Å². The molecule has 0 unspecified atom stereocenters. The van der Waals surface area contributed by atoms with Gasteiger partial charge in [0.2, 0.25) is 5.95 Å². The zero-order valence-corrected chi connectivity index (χ0v) is 15.4. The molecule has 1 aromatic carbocycles. The Morgan fingerprint density at radius 2 is 2.15 bits per heavy atom. The number of nitrogens with zero attached hydrogens (tertiary/aromatic N) is 3. The normalized spacial score (nSPS) is 15.2. The van der Waals surface area contributed by atoms with Crippen LogP contribution >= 0.6 is 11.6 Å². The fourth-order valence-corrected chi connectivity index (χ4v) is 3.52. The van der Waals surface area contributed by atoms with Gasteiger partial charge in [-0.25, -0.2) is 4.98 Å². The minimum absolute atomic E-state index is 0.0695. The fourth-order valence-electron chi connectivity index (χ4n) is 3.37. The Morgan fingerprint density at radius 1 is 1.38 bits per heavy atom. The van der Waals surface area contributed by atoms with Crippen molar-refractivity contribution in [2.24, 2.45) is 0 Å². The largest absolute Gasteiger partial charge is 0.368 e. The summed E-state index contributed by atoms with van der Waals surface area (Å²) < 4.78 is 1.92. The van der Waals surface area contributed by atoms with E-state index >= 15 is 0 Å². The van der Waals surface area contributed by atoms with E-state index in [1.54, 1.807) is 0 Å². The maximum Gasteiger partial charge on any atom is 0.259 e. The summed E-state index contributed by atoms with van der Waals surface area (Å²) in [6.45, 7) is 3.97. The van der Waals surface area contributed by atoms with Crippen LogP contribution in [0.25, 0.3) is 10.8 Å². The van der Waals surface area contributed by atoms with Gasteiger partial charge in [0.25, 0.3) is 5.56 Å². The number of hydrogen-bond acceptors (Lipinski definition) is 5. The van der Waals surface area contributed by atoms with E-state index in [2.05, 4.69) is 21.4 Å². The number of anilines is 2. The Bertz CT molecular complexity index is 1060. The lowest BCUT2D eigenvalue weighted by molar-refractivity contribution is 0.636. The van der Waals surface area contributed by atoms with Crippen molar-refractivity contribution in [3.05, 3.63) is 57.1 Å². The summed E-state index contributed by atoms with van der Waals surface area (Å²) in [5.74, 6) is 0.614. The fraction of sp³-hybridized carbons (Fsp3) is 0.316. The van der Waals surface area contributed by atoms with Gasteiger partial charge in [-0.05, 0) is 43.7 Å². The summed E-state index contributed by atoms with van der Waals surface area (Å²) in [5.41, 5.74) is 7.66. The van der Waals surface area contributed by atoms with Gasteiger partial charge in [-0.3, -0.25) is 4.79 Å². The number of nitrogens with two attached hydrogens (primary N) is 1. The Balaban J connectivity index is 1.84. The molecular formula is C19H20ClN5O. The summed E-state index contributed by atoms with van der Waals surface area (Å²) in [4.78, 5) is 21.2. The maximum absolute atomic E-state index is 13.2. The standard InChI is InChI=1S/C19H20ClN5O/c1-10-4-3-5-12-8-15(25(13-6-7-13)18(26)16(10)12)11(2)23-17-14(20)9-22-19(21)24-17/h3-5,8-9,11,13H,6-7H2,1-2H3,(H3,21,22,23,24)/t11-/m0/s1. The Hall–Kier alpha value is -2.60. The molecule has 1 saturated carbocycles. The Kier molecular flexibility index (Phi) is 4.07. The van der Waals surface area contributed by atoms with Crippen molar-refractivity contribution in [1.29, 1.82) is 0 Å². The average molecular weight is 370 g/mol. The molecule has 0 aliphatic heterocycles. The molecule has 0 radical (unpaired) electrons. The van der Waals surface area contributed by atoms with Gasteiger partial charge in [-0.2, -0.15) is 4.98 Å². The minimum atomic E-state index is -0.167. The van der Waals surface area contributed by atoms with Crippen LogP contribution in [0.2, 0.25) is 5.02 Å². The molecule has 0 bridgehead atoms. The van der Waals surface area contributed by atoms with E-state index in [4.69, 9.17) is 17.3 Å². The quantitative estimate of drug-likeness (QED) is 0.729. The summed E-state index contributed by atoms with van der Waals surface area (Å²) in [7, 11) is 0. The van der Waals surface area contributed by atoms with Gasteiger partial charge < -0.3 is 15.6 Å². The van der Waals surface area contributed by atoms with E-state index in [9.17, 15) is 4.79 Å². The first-order chi connectivity index (χ1) is 12.5. The molecule has 1 fully saturated rings. The maximum atomic E-state index is 13.2. The topological polar surface area (TPSA) is 85.8 Å². The summed E-state index contributed by atoms with van der Waals surface area (Å²) in [6, 6.07) is 8.11. The van der Waals surface area contributed by atoms with Crippen molar-refractivity contribution in [1.82, 2.24) is 14.5 Å².